The lowest BCUT2D eigenvalue weighted by Crippen LogP contribution is -2.04. The van der Waals surface area contributed by atoms with E-state index in [1.807, 2.05) is 0 Å². The summed E-state index contributed by atoms with van der Waals surface area (Å²) in [7, 11) is 0. The highest BCUT2D eigenvalue weighted by Crippen LogP contribution is 2.22. The molecule has 4 nitrogen and oxygen atoms in total. The number of hydrogen-bond acceptors (Lipinski definition) is 3. The van der Waals surface area contributed by atoms with Crippen LogP contribution < -0.4 is 0 Å². The number of hydrogen-bond donors (Lipinski definition) is 1. The van der Waals surface area contributed by atoms with Crippen molar-refractivity contribution in [2.24, 2.45) is 5.92 Å². The van der Waals surface area contributed by atoms with E-state index in [1.165, 1.54) is 11.1 Å². The molecule has 1 N–H and O–H groups in total. The zero-order chi connectivity index (χ0) is 13.2. The Labute approximate surface area is 113 Å². The molecule has 1 aromatic carbocycles. The van der Waals surface area contributed by atoms with Crippen LogP contribution in [0.25, 0.3) is 11.4 Å². The smallest absolute Gasteiger partial charge is 0.181 e. The van der Waals surface area contributed by atoms with Gasteiger partial charge >= 0.3 is 0 Å². The van der Waals surface area contributed by atoms with Crippen molar-refractivity contribution in [3.05, 3.63) is 35.2 Å². The number of rotatable bonds is 3. The van der Waals surface area contributed by atoms with Gasteiger partial charge in [0.1, 0.15) is 5.82 Å². The largest absolute Gasteiger partial charge is 0.381 e. The molecule has 1 saturated heterocycles. The number of benzene rings is 1. The van der Waals surface area contributed by atoms with E-state index < -0.39 is 0 Å². The van der Waals surface area contributed by atoms with Gasteiger partial charge in [0.25, 0.3) is 0 Å². The lowest BCUT2D eigenvalue weighted by Gasteiger charge is -2.03. The lowest BCUT2D eigenvalue weighted by molar-refractivity contribution is 0.185. The Morgan fingerprint density at radius 2 is 2.26 bits per heavy atom. The van der Waals surface area contributed by atoms with Crippen molar-refractivity contribution in [3.8, 4) is 11.4 Å². The number of nitrogens with zero attached hydrogens (tertiary/aromatic N) is 2. The molecule has 1 atom stereocenters. The summed E-state index contributed by atoms with van der Waals surface area (Å²) < 4.78 is 5.39. The number of aromatic amines is 1. The van der Waals surface area contributed by atoms with E-state index in [0.29, 0.717) is 5.92 Å². The zero-order valence-electron chi connectivity index (χ0n) is 11.4. The maximum Gasteiger partial charge on any atom is 0.181 e. The molecule has 100 valence electrons. The van der Waals surface area contributed by atoms with Gasteiger partial charge in [-0.15, -0.1) is 0 Å². The van der Waals surface area contributed by atoms with Gasteiger partial charge in [0.05, 0.1) is 0 Å². The highest BCUT2D eigenvalue weighted by Gasteiger charge is 2.18. The van der Waals surface area contributed by atoms with Crippen molar-refractivity contribution < 1.29 is 4.74 Å². The fraction of sp³-hybridized carbons (Fsp3) is 0.467. The minimum atomic E-state index is 0.583. The molecule has 0 aliphatic carbocycles. The van der Waals surface area contributed by atoms with E-state index in [9.17, 15) is 0 Å². The number of ether oxygens (including phenoxy) is 1. The van der Waals surface area contributed by atoms with Crippen molar-refractivity contribution in [3.63, 3.8) is 0 Å². The molecule has 0 radical (unpaired) electrons. The van der Waals surface area contributed by atoms with Crippen LogP contribution in [-0.4, -0.2) is 28.4 Å². The summed E-state index contributed by atoms with van der Waals surface area (Å²) in [6.07, 6.45) is 2.05. The fourth-order valence-electron chi connectivity index (χ4n) is 2.59. The van der Waals surface area contributed by atoms with Crippen molar-refractivity contribution in [1.29, 1.82) is 0 Å². The van der Waals surface area contributed by atoms with Crippen LogP contribution >= 0.6 is 0 Å². The molecule has 1 aliphatic heterocycles. The van der Waals surface area contributed by atoms with E-state index >= 15 is 0 Å². The van der Waals surface area contributed by atoms with Gasteiger partial charge in [0.2, 0.25) is 0 Å². The molecule has 3 rings (SSSR count). The molecule has 1 aliphatic rings. The lowest BCUT2D eigenvalue weighted by atomic mass is 10.0. The Morgan fingerprint density at radius 3 is 3.00 bits per heavy atom. The topological polar surface area (TPSA) is 50.8 Å². The molecule has 1 unspecified atom stereocenters. The SMILES string of the molecule is Cc1ccc(-c2n[nH]c(CC3CCOC3)n2)c(C)c1. The Balaban J connectivity index is 1.80. The van der Waals surface area contributed by atoms with Crippen LogP contribution in [-0.2, 0) is 11.2 Å². The maximum absolute atomic E-state index is 5.39. The molecule has 19 heavy (non-hydrogen) atoms. The Hall–Kier alpha value is -1.68. The summed E-state index contributed by atoms with van der Waals surface area (Å²) >= 11 is 0. The quantitative estimate of drug-likeness (QED) is 0.919. The van der Waals surface area contributed by atoms with Crippen molar-refractivity contribution >= 4 is 0 Å². The molecule has 1 fully saturated rings. The van der Waals surface area contributed by atoms with E-state index in [4.69, 9.17) is 4.74 Å². The monoisotopic (exact) mass is 257 g/mol. The highest BCUT2D eigenvalue weighted by molar-refractivity contribution is 5.60. The molecule has 4 heteroatoms. The van der Waals surface area contributed by atoms with Crippen LogP contribution in [0, 0.1) is 19.8 Å². The molecule has 0 saturated carbocycles. The summed E-state index contributed by atoms with van der Waals surface area (Å²) in [5.74, 6) is 2.34. The second-order valence-electron chi connectivity index (χ2n) is 5.36. The van der Waals surface area contributed by atoms with Gasteiger partial charge < -0.3 is 4.74 Å². The van der Waals surface area contributed by atoms with Gasteiger partial charge in [-0.2, -0.15) is 5.10 Å². The Morgan fingerprint density at radius 1 is 1.37 bits per heavy atom. The first-order valence-electron chi connectivity index (χ1n) is 6.79. The third-order valence-electron chi connectivity index (χ3n) is 3.66. The zero-order valence-corrected chi connectivity index (χ0v) is 11.4. The Kier molecular flexibility index (Phi) is 3.34. The second kappa shape index (κ2) is 5.13. The minimum Gasteiger partial charge on any atom is -0.381 e. The second-order valence-corrected chi connectivity index (χ2v) is 5.36. The van der Waals surface area contributed by atoms with E-state index in [2.05, 4.69) is 47.2 Å². The molecule has 0 spiro atoms. The number of H-pyrrole nitrogens is 1. The summed E-state index contributed by atoms with van der Waals surface area (Å²) in [4.78, 5) is 4.61. The van der Waals surface area contributed by atoms with Gasteiger partial charge in [-0.3, -0.25) is 5.10 Å². The molecular formula is C15H19N3O. The third kappa shape index (κ3) is 2.68. The minimum absolute atomic E-state index is 0.583. The van der Waals surface area contributed by atoms with E-state index in [1.54, 1.807) is 0 Å². The summed E-state index contributed by atoms with van der Waals surface area (Å²) in [5, 5.41) is 7.40. The fourth-order valence-corrected chi connectivity index (χ4v) is 2.59. The molecular weight excluding hydrogens is 238 g/mol. The van der Waals surface area contributed by atoms with E-state index in [0.717, 1.165) is 43.3 Å². The van der Waals surface area contributed by atoms with Crippen molar-refractivity contribution in [1.82, 2.24) is 15.2 Å². The van der Waals surface area contributed by atoms with Gasteiger partial charge in [0, 0.05) is 25.2 Å². The first kappa shape index (κ1) is 12.4. The maximum atomic E-state index is 5.39. The summed E-state index contributed by atoms with van der Waals surface area (Å²) in [5.41, 5.74) is 3.59. The first-order valence-corrected chi connectivity index (χ1v) is 6.79. The average Bonchev–Trinajstić information content (AvgIpc) is 3.01. The third-order valence-corrected chi connectivity index (χ3v) is 3.66. The standard InChI is InChI=1S/C15H19N3O/c1-10-3-4-13(11(2)7-10)15-16-14(17-18-15)8-12-5-6-19-9-12/h3-4,7,12H,5-6,8-9H2,1-2H3,(H,16,17,18). The number of nitrogens with one attached hydrogen (secondary N) is 1. The molecule has 0 amide bonds. The highest BCUT2D eigenvalue weighted by atomic mass is 16.5. The first-order chi connectivity index (χ1) is 9.22. The number of aryl methyl sites for hydroxylation is 2. The predicted molar refractivity (Wildman–Crippen MR) is 73.9 cm³/mol. The summed E-state index contributed by atoms with van der Waals surface area (Å²) in [6, 6.07) is 6.36. The normalized spacial score (nSPS) is 18.9. The van der Waals surface area contributed by atoms with Gasteiger partial charge in [-0.05, 0) is 31.7 Å². The van der Waals surface area contributed by atoms with Gasteiger partial charge in [0.15, 0.2) is 5.82 Å². The average molecular weight is 257 g/mol. The molecule has 2 heterocycles. The molecule has 0 bridgehead atoms. The summed E-state index contributed by atoms with van der Waals surface area (Å²) in [6.45, 7) is 5.92. The van der Waals surface area contributed by atoms with Crippen LogP contribution in [0.5, 0.6) is 0 Å². The van der Waals surface area contributed by atoms with Crippen LogP contribution in [0.4, 0.5) is 0 Å². The van der Waals surface area contributed by atoms with Crippen LogP contribution in [0.3, 0.4) is 0 Å². The predicted octanol–water partition coefficient (Wildman–Crippen LogP) is 2.67. The number of aromatic nitrogens is 3. The van der Waals surface area contributed by atoms with Crippen LogP contribution in [0.2, 0.25) is 0 Å². The van der Waals surface area contributed by atoms with Crippen LogP contribution in [0.1, 0.15) is 23.4 Å². The van der Waals surface area contributed by atoms with Gasteiger partial charge in [-0.1, -0.05) is 23.8 Å². The van der Waals surface area contributed by atoms with Crippen LogP contribution in [0.15, 0.2) is 18.2 Å². The Bertz CT molecular complexity index is 571. The molecule has 2 aromatic rings. The molecule has 1 aromatic heterocycles. The van der Waals surface area contributed by atoms with Gasteiger partial charge in [-0.25, -0.2) is 4.98 Å². The van der Waals surface area contributed by atoms with Crippen molar-refractivity contribution in [2.75, 3.05) is 13.2 Å². The van der Waals surface area contributed by atoms with E-state index in [-0.39, 0.29) is 0 Å². The van der Waals surface area contributed by atoms with Crippen molar-refractivity contribution in [2.45, 2.75) is 26.7 Å².